The number of likely N-dealkylation sites (N-methyl/N-ethyl adjacent to an activating group) is 1. The molecule has 2 nitrogen and oxygen atoms in total. The van der Waals surface area contributed by atoms with E-state index in [9.17, 15) is 4.39 Å². The zero-order chi connectivity index (χ0) is 7.56. The molecule has 2 atom stereocenters. The molecule has 0 aliphatic carbocycles. The van der Waals surface area contributed by atoms with Gasteiger partial charge < -0.3 is 4.18 Å². The summed E-state index contributed by atoms with van der Waals surface area (Å²) in [5.74, 6) is 0. The highest BCUT2D eigenvalue weighted by Crippen LogP contribution is 2.11. The maximum atomic E-state index is 12.6. The molecule has 0 saturated carbocycles. The van der Waals surface area contributed by atoms with Gasteiger partial charge in [0, 0.05) is 0 Å². The summed E-state index contributed by atoms with van der Waals surface area (Å²) in [4.78, 5) is 0. The van der Waals surface area contributed by atoms with Crippen molar-refractivity contribution in [2.75, 3.05) is 13.7 Å². The van der Waals surface area contributed by atoms with E-state index in [1.165, 1.54) is 0 Å². The molecule has 10 heavy (non-hydrogen) atoms. The van der Waals surface area contributed by atoms with Gasteiger partial charge in [-0.25, -0.2) is 8.97 Å². The first-order valence-corrected chi connectivity index (χ1v) is 3.58. The molecule has 0 amide bonds. The van der Waals surface area contributed by atoms with Gasteiger partial charge in [-0.05, 0) is 12.9 Å². The van der Waals surface area contributed by atoms with E-state index < -0.39 is 6.17 Å². The molecule has 0 saturated heterocycles. The summed E-state index contributed by atoms with van der Waals surface area (Å²) in [5.41, 5.74) is 0. The summed E-state index contributed by atoms with van der Waals surface area (Å²) in [6.45, 7) is 0.483. The zero-order valence-corrected chi connectivity index (χ0v) is 6.72. The lowest BCUT2D eigenvalue weighted by Gasteiger charge is -2.02. The molecule has 0 aromatic rings. The molecule has 0 fully saturated rings. The predicted octanol–water partition coefficient (Wildman–Crippen LogP) is 0.671. The molecule has 0 spiro atoms. The minimum atomic E-state index is -0.807. The van der Waals surface area contributed by atoms with Crippen molar-refractivity contribution >= 4 is 19.1 Å². The molecule has 58 valence electrons. The third-order valence-corrected chi connectivity index (χ3v) is 1.89. The summed E-state index contributed by atoms with van der Waals surface area (Å²) in [5, 5.41) is 0. The Morgan fingerprint density at radius 2 is 2.60 bits per heavy atom. The first-order valence-electron chi connectivity index (χ1n) is 3.21. The normalized spacial score (nSPS) is 32.5. The molecule has 1 aliphatic rings. The maximum absolute atomic E-state index is 12.6. The Morgan fingerprint density at radius 1 is 1.90 bits per heavy atom. The van der Waals surface area contributed by atoms with Crippen LogP contribution in [0.4, 0.5) is 4.39 Å². The number of halogens is 1. The van der Waals surface area contributed by atoms with Crippen molar-refractivity contribution in [2.24, 2.45) is 0 Å². The van der Waals surface area contributed by atoms with Gasteiger partial charge >= 0.3 is 0 Å². The molecule has 2 unspecified atom stereocenters. The van der Waals surface area contributed by atoms with Gasteiger partial charge in [-0.2, -0.15) is 0 Å². The van der Waals surface area contributed by atoms with Gasteiger partial charge in [0.15, 0.2) is 18.4 Å². The SMILES string of the molecule is C[N+]1=CC(F)CC1COS. The predicted molar refractivity (Wildman–Crippen MR) is 40.5 cm³/mol. The second-order valence-corrected chi connectivity index (χ2v) is 2.77. The Morgan fingerprint density at radius 3 is 3.00 bits per heavy atom. The van der Waals surface area contributed by atoms with E-state index >= 15 is 0 Å². The lowest BCUT2D eigenvalue weighted by Crippen LogP contribution is -2.22. The van der Waals surface area contributed by atoms with Crippen molar-refractivity contribution < 1.29 is 13.1 Å². The number of hydrogen-bond donors (Lipinski definition) is 1. The van der Waals surface area contributed by atoms with E-state index in [4.69, 9.17) is 0 Å². The zero-order valence-electron chi connectivity index (χ0n) is 5.83. The van der Waals surface area contributed by atoms with Gasteiger partial charge in [0.05, 0.1) is 6.42 Å². The van der Waals surface area contributed by atoms with Crippen LogP contribution in [0.25, 0.3) is 0 Å². The molecular formula is C6H11FNOS+. The van der Waals surface area contributed by atoms with Crippen molar-refractivity contribution in [1.29, 1.82) is 0 Å². The lowest BCUT2D eigenvalue weighted by atomic mass is 10.2. The third-order valence-electron chi connectivity index (χ3n) is 1.74. The highest BCUT2D eigenvalue weighted by molar-refractivity contribution is 7.75. The molecule has 0 aromatic carbocycles. The highest BCUT2D eigenvalue weighted by Gasteiger charge is 2.30. The molecular weight excluding hydrogens is 153 g/mol. The first kappa shape index (κ1) is 8.01. The van der Waals surface area contributed by atoms with Crippen molar-refractivity contribution in [3.63, 3.8) is 0 Å². The molecule has 1 aliphatic heterocycles. The van der Waals surface area contributed by atoms with E-state index in [1.54, 1.807) is 6.21 Å². The van der Waals surface area contributed by atoms with E-state index in [-0.39, 0.29) is 6.04 Å². The second-order valence-electron chi connectivity index (χ2n) is 2.52. The van der Waals surface area contributed by atoms with Crippen LogP contribution in [0.1, 0.15) is 6.42 Å². The Labute approximate surface area is 65.3 Å². The summed E-state index contributed by atoms with van der Waals surface area (Å²) >= 11 is 3.60. The average Bonchev–Trinajstić information content (AvgIpc) is 2.13. The van der Waals surface area contributed by atoms with Crippen LogP contribution in [-0.2, 0) is 4.18 Å². The van der Waals surface area contributed by atoms with Crippen molar-refractivity contribution in [1.82, 2.24) is 0 Å². The molecule has 1 rings (SSSR count). The number of rotatable bonds is 2. The summed E-state index contributed by atoms with van der Waals surface area (Å²) < 4.78 is 19.0. The summed E-state index contributed by atoms with van der Waals surface area (Å²) in [7, 11) is 1.84. The largest absolute Gasteiger partial charge is 0.312 e. The monoisotopic (exact) mass is 164 g/mol. The van der Waals surface area contributed by atoms with Crippen LogP contribution < -0.4 is 0 Å². The van der Waals surface area contributed by atoms with E-state index in [0.717, 1.165) is 0 Å². The van der Waals surface area contributed by atoms with Crippen LogP contribution in [0.5, 0.6) is 0 Å². The van der Waals surface area contributed by atoms with Gasteiger partial charge in [-0.3, -0.25) is 0 Å². The van der Waals surface area contributed by atoms with E-state index in [1.807, 2.05) is 11.6 Å². The smallest absolute Gasteiger partial charge is 0.182 e. The van der Waals surface area contributed by atoms with Crippen LogP contribution in [0.3, 0.4) is 0 Å². The van der Waals surface area contributed by atoms with Crippen LogP contribution in [-0.4, -0.2) is 36.7 Å². The lowest BCUT2D eigenvalue weighted by molar-refractivity contribution is -0.527. The van der Waals surface area contributed by atoms with Gasteiger partial charge in [-0.1, -0.05) is 0 Å². The van der Waals surface area contributed by atoms with Crippen LogP contribution in [0, 0.1) is 0 Å². The number of hydrogen-bond acceptors (Lipinski definition) is 2. The van der Waals surface area contributed by atoms with E-state index in [0.29, 0.717) is 13.0 Å². The van der Waals surface area contributed by atoms with Crippen LogP contribution >= 0.6 is 12.9 Å². The third kappa shape index (κ3) is 1.70. The maximum Gasteiger partial charge on any atom is 0.182 e. The molecule has 0 aromatic heterocycles. The van der Waals surface area contributed by atoms with Gasteiger partial charge in [0.25, 0.3) is 0 Å². The highest BCUT2D eigenvalue weighted by atomic mass is 32.1. The Hall–Kier alpha value is -0.0900. The van der Waals surface area contributed by atoms with Gasteiger partial charge in [-0.15, -0.1) is 0 Å². The number of nitrogens with zero attached hydrogens (tertiary/aromatic N) is 1. The standard InChI is InChI=1S/C6H10FNOS/c1-8-3-5(7)2-6(8)4-9-10/h3,5-6H,2,4H2,1H3/p+1. The van der Waals surface area contributed by atoms with Gasteiger partial charge in [0.2, 0.25) is 0 Å². The fraction of sp³-hybridized carbons (Fsp3) is 0.833. The Balaban J connectivity index is 2.43. The van der Waals surface area contributed by atoms with Gasteiger partial charge in [0.1, 0.15) is 13.7 Å². The van der Waals surface area contributed by atoms with E-state index in [2.05, 4.69) is 17.1 Å². The van der Waals surface area contributed by atoms with Crippen molar-refractivity contribution in [3.8, 4) is 0 Å². The first-order chi connectivity index (χ1) is 4.74. The minimum Gasteiger partial charge on any atom is -0.312 e. The van der Waals surface area contributed by atoms with Crippen molar-refractivity contribution in [2.45, 2.75) is 18.6 Å². The van der Waals surface area contributed by atoms with Crippen molar-refractivity contribution in [3.05, 3.63) is 0 Å². The number of thiol groups is 1. The number of alkyl halides is 1. The Kier molecular flexibility index (Phi) is 2.68. The summed E-state index contributed by atoms with van der Waals surface area (Å²) in [6.07, 6.45) is 1.28. The van der Waals surface area contributed by atoms with Crippen LogP contribution in [0.15, 0.2) is 0 Å². The summed E-state index contributed by atoms with van der Waals surface area (Å²) in [6, 6.07) is 0.160. The molecule has 1 heterocycles. The molecule has 0 radical (unpaired) electrons. The molecule has 4 heteroatoms. The quantitative estimate of drug-likeness (QED) is 0.359. The Bertz CT molecular complexity index is 151. The minimum absolute atomic E-state index is 0.160. The molecule has 0 bridgehead atoms. The fourth-order valence-electron chi connectivity index (χ4n) is 1.14. The average molecular weight is 164 g/mol. The topological polar surface area (TPSA) is 12.2 Å². The van der Waals surface area contributed by atoms with Crippen LogP contribution in [0.2, 0.25) is 0 Å². The molecule has 0 N–H and O–H groups in total. The second kappa shape index (κ2) is 3.34. The fourth-order valence-corrected chi connectivity index (χ4v) is 1.31.